The van der Waals surface area contributed by atoms with Gasteiger partial charge >= 0.3 is 0 Å². The summed E-state index contributed by atoms with van der Waals surface area (Å²) in [4.78, 5) is 12.9. The lowest BCUT2D eigenvalue weighted by molar-refractivity contribution is -0.118. The van der Waals surface area contributed by atoms with Gasteiger partial charge in [-0.3, -0.25) is 4.79 Å². The number of hydrogen-bond donors (Lipinski definition) is 2. The Kier molecular flexibility index (Phi) is 7.91. The van der Waals surface area contributed by atoms with E-state index >= 15 is 0 Å². The number of hydrogen-bond acceptors (Lipinski definition) is 5. The second-order valence-corrected chi connectivity index (χ2v) is 9.21. The molecular weight excluding hydrogens is 396 g/mol. The lowest BCUT2D eigenvalue weighted by Crippen LogP contribution is -2.36. The third kappa shape index (κ3) is 6.25. The first-order valence-corrected chi connectivity index (χ1v) is 11.6. The van der Waals surface area contributed by atoms with Crippen LogP contribution in [0.25, 0.3) is 0 Å². The summed E-state index contributed by atoms with van der Waals surface area (Å²) in [6.07, 6.45) is 1.87. The van der Waals surface area contributed by atoms with Gasteiger partial charge in [-0.15, -0.1) is 11.8 Å². The Bertz CT molecular complexity index is 900. The van der Waals surface area contributed by atoms with Crippen molar-refractivity contribution in [3.8, 4) is 5.75 Å². The Morgan fingerprint density at radius 2 is 1.79 bits per heavy atom. The van der Waals surface area contributed by atoms with Crippen LogP contribution in [0.1, 0.15) is 20.8 Å². The van der Waals surface area contributed by atoms with Crippen molar-refractivity contribution in [2.24, 2.45) is 5.92 Å². The van der Waals surface area contributed by atoms with Gasteiger partial charge in [0.15, 0.2) is 0 Å². The largest absolute Gasteiger partial charge is 0.492 e. The van der Waals surface area contributed by atoms with Gasteiger partial charge in [-0.1, -0.05) is 32.0 Å². The van der Waals surface area contributed by atoms with Crippen LogP contribution >= 0.6 is 11.8 Å². The summed E-state index contributed by atoms with van der Waals surface area (Å²) in [5.41, 5.74) is 0.488. The molecule has 0 saturated carbocycles. The summed E-state index contributed by atoms with van der Waals surface area (Å²) in [5.74, 6) is 0.308. The molecule has 0 spiro atoms. The standard InChI is InChI=1S/C20H26N2O4S2/c1-14(2)20(23)21-18-12-17(10-11-19(18)27-4)28(24,25)22-15(3)13-26-16-8-6-5-7-9-16/h5-12,14-15,22H,13H2,1-4H3,(H,21,23)/t15-/m1/s1. The quantitative estimate of drug-likeness (QED) is 0.601. The summed E-state index contributed by atoms with van der Waals surface area (Å²) in [6, 6.07) is 13.5. The summed E-state index contributed by atoms with van der Waals surface area (Å²) in [6.45, 7) is 5.50. The second-order valence-electron chi connectivity index (χ2n) is 6.65. The highest BCUT2D eigenvalue weighted by Crippen LogP contribution is 2.28. The van der Waals surface area contributed by atoms with Crippen LogP contribution < -0.4 is 14.8 Å². The molecule has 0 radical (unpaired) electrons. The molecule has 0 fully saturated rings. The fourth-order valence-corrected chi connectivity index (χ4v) is 4.12. The Morgan fingerprint density at radius 3 is 2.39 bits per heavy atom. The van der Waals surface area contributed by atoms with Gasteiger partial charge in [-0.05, 0) is 43.5 Å². The first kappa shape index (κ1) is 22.3. The predicted molar refractivity (Wildman–Crippen MR) is 113 cm³/mol. The Balaban J connectivity index is 2.12. The number of carbonyl (C=O) groups is 1. The number of rotatable bonds is 9. The molecule has 0 aromatic heterocycles. The van der Waals surface area contributed by atoms with Crippen LogP contribution in [0.3, 0.4) is 0 Å². The maximum absolute atomic E-state index is 12.7. The zero-order chi connectivity index (χ0) is 20.7. The minimum absolute atomic E-state index is 0.0934. The molecule has 2 aromatic rings. The van der Waals surface area contributed by atoms with Crippen LogP contribution in [0.4, 0.5) is 5.69 Å². The molecular formula is C20H26N2O4S2. The predicted octanol–water partition coefficient (Wildman–Crippen LogP) is 3.75. The maximum atomic E-state index is 12.7. The molecule has 0 aliphatic carbocycles. The van der Waals surface area contributed by atoms with Crippen molar-refractivity contribution in [1.82, 2.24) is 4.72 Å². The van der Waals surface area contributed by atoms with E-state index in [4.69, 9.17) is 4.74 Å². The van der Waals surface area contributed by atoms with Gasteiger partial charge < -0.3 is 10.1 Å². The highest BCUT2D eigenvalue weighted by Gasteiger charge is 2.20. The van der Waals surface area contributed by atoms with Crippen molar-refractivity contribution < 1.29 is 17.9 Å². The molecule has 152 valence electrons. The first-order valence-electron chi connectivity index (χ1n) is 8.92. The number of benzene rings is 2. The molecule has 8 heteroatoms. The Morgan fingerprint density at radius 1 is 1.11 bits per heavy atom. The average Bonchev–Trinajstić information content (AvgIpc) is 2.66. The van der Waals surface area contributed by atoms with Gasteiger partial charge in [0.25, 0.3) is 0 Å². The van der Waals surface area contributed by atoms with Crippen LogP contribution in [0, 0.1) is 5.92 Å². The van der Waals surface area contributed by atoms with Crippen molar-refractivity contribution in [3.05, 3.63) is 48.5 Å². The Hall–Kier alpha value is -2.03. The molecule has 0 unspecified atom stereocenters. The minimum Gasteiger partial charge on any atom is -0.492 e. The first-order chi connectivity index (χ1) is 13.2. The van der Waals surface area contributed by atoms with Crippen LogP contribution in [0.2, 0.25) is 0 Å². The average molecular weight is 423 g/mol. The van der Waals surface area contributed by atoms with Crippen LogP contribution in [0.5, 0.6) is 5.75 Å². The Labute approximate surface area is 171 Å². The van der Waals surface area contributed by atoms with Crippen molar-refractivity contribution >= 4 is 33.4 Å². The lowest BCUT2D eigenvalue weighted by Gasteiger charge is -2.17. The number of amides is 1. The zero-order valence-corrected chi connectivity index (χ0v) is 18.1. The number of sulfonamides is 1. The molecule has 28 heavy (non-hydrogen) atoms. The maximum Gasteiger partial charge on any atom is 0.241 e. The van der Waals surface area contributed by atoms with Gasteiger partial charge in [0.05, 0.1) is 16.6 Å². The SMILES string of the molecule is CSc1ccc(S(=O)(=O)N[C@H](C)COc2ccccc2)cc1NC(=O)C(C)C. The van der Waals surface area contributed by atoms with Gasteiger partial charge in [0, 0.05) is 10.8 Å². The second kappa shape index (κ2) is 9.95. The molecule has 0 bridgehead atoms. The van der Waals surface area contributed by atoms with E-state index in [1.165, 1.54) is 23.9 Å². The van der Waals surface area contributed by atoms with Crippen molar-refractivity contribution in [3.63, 3.8) is 0 Å². The monoisotopic (exact) mass is 422 g/mol. The van der Waals surface area contributed by atoms with E-state index in [0.29, 0.717) is 11.4 Å². The fourth-order valence-electron chi connectivity index (χ4n) is 2.33. The van der Waals surface area contributed by atoms with E-state index in [9.17, 15) is 13.2 Å². The van der Waals surface area contributed by atoms with Crippen molar-refractivity contribution in [2.75, 3.05) is 18.2 Å². The van der Waals surface area contributed by atoms with Crippen LogP contribution in [0.15, 0.2) is 58.3 Å². The fraction of sp³-hybridized carbons (Fsp3) is 0.350. The van der Waals surface area contributed by atoms with E-state index in [0.717, 1.165) is 4.90 Å². The van der Waals surface area contributed by atoms with Gasteiger partial charge in [0.1, 0.15) is 12.4 Å². The van der Waals surface area contributed by atoms with E-state index in [1.54, 1.807) is 26.8 Å². The van der Waals surface area contributed by atoms with E-state index < -0.39 is 16.1 Å². The number of anilines is 1. The van der Waals surface area contributed by atoms with Crippen molar-refractivity contribution in [1.29, 1.82) is 0 Å². The minimum atomic E-state index is -3.76. The van der Waals surface area contributed by atoms with Gasteiger partial charge in [-0.2, -0.15) is 0 Å². The highest BCUT2D eigenvalue weighted by molar-refractivity contribution is 7.98. The highest BCUT2D eigenvalue weighted by atomic mass is 32.2. The molecule has 1 atom stereocenters. The molecule has 0 aliphatic rings. The number of ether oxygens (including phenoxy) is 1. The zero-order valence-electron chi connectivity index (χ0n) is 16.4. The summed E-state index contributed by atoms with van der Waals surface area (Å²) < 4.78 is 33.7. The third-order valence-electron chi connectivity index (χ3n) is 3.86. The smallest absolute Gasteiger partial charge is 0.241 e. The van der Waals surface area contributed by atoms with E-state index in [1.807, 2.05) is 36.6 Å². The number of thioether (sulfide) groups is 1. The summed E-state index contributed by atoms with van der Waals surface area (Å²) >= 11 is 1.44. The third-order valence-corrected chi connectivity index (χ3v) is 6.25. The summed E-state index contributed by atoms with van der Waals surface area (Å²) in [5, 5.41) is 2.80. The molecule has 0 aliphatic heterocycles. The molecule has 1 amide bonds. The van der Waals surface area contributed by atoms with E-state index in [-0.39, 0.29) is 23.3 Å². The molecule has 2 aromatic carbocycles. The van der Waals surface area contributed by atoms with E-state index in [2.05, 4.69) is 10.0 Å². The van der Waals surface area contributed by atoms with Crippen LogP contribution in [-0.4, -0.2) is 33.2 Å². The van der Waals surface area contributed by atoms with Gasteiger partial charge in [0.2, 0.25) is 15.9 Å². The molecule has 0 saturated heterocycles. The summed E-state index contributed by atoms with van der Waals surface area (Å²) in [7, 11) is -3.76. The number of para-hydroxylation sites is 1. The topological polar surface area (TPSA) is 84.5 Å². The molecule has 6 nitrogen and oxygen atoms in total. The molecule has 2 N–H and O–H groups in total. The molecule has 2 rings (SSSR count). The normalized spacial score (nSPS) is 12.6. The number of carbonyl (C=O) groups excluding carboxylic acids is 1. The van der Waals surface area contributed by atoms with Crippen molar-refractivity contribution in [2.45, 2.75) is 36.6 Å². The number of nitrogens with one attached hydrogen (secondary N) is 2. The van der Waals surface area contributed by atoms with Crippen LogP contribution in [-0.2, 0) is 14.8 Å². The molecule has 0 heterocycles. The van der Waals surface area contributed by atoms with Gasteiger partial charge in [-0.25, -0.2) is 13.1 Å². The lowest BCUT2D eigenvalue weighted by atomic mass is 10.2.